The molecule has 11 heteroatoms. The van der Waals surface area contributed by atoms with Crippen LogP contribution in [0.25, 0.3) is 11.0 Å². The van der Waals surface area contributed by atoms with E-state index in [0.717, 1.165) is 16.6 Å². The van der Waals surface area contributed by atoms with Gasteiger partial charge in [-0.25, -0.2) is 4.68 Å². The Morgan fingerprint density at radius 3 is 2.61 bits per heavy atom. The molecule has 0 spiro atoms. The number of carbonyl (C=O) groups excluding carboxylic acids is 3. The number of rotatable bonds is 7. The molecule has 0 saturated carbocycles. The van der Waals surface area contributed by atoms with Crippen LogP contribution in [0.5, 0.6) is 5.75 Å². The lowest BCUT2D eigenvalue weighted by Gasteiger charge is -2.23. The summed E-state index contributed by atoms with van der Waals surface area (Å²) in [6.07, 6.45) is 0. The predicted molar refractivity (Wildman–Crippen MR) is 140 cm³/mol. The first-order chi connectivity index (χ1) is 18.4. The van der Waals surface area contributed by atoms with Crippen molar-refractivity contribution in [2.45, 2.75) is 20.1 Å². The zero-order chi connectivity index (χ0) is 26.6. The van der Waals surface area contributed by atoms with Gasteiger partial charge in [-0.3, -0.25) is 19.3 Å². The second-order valence-electron chi connectivity index (χ2n) is 8.66. The summed E-state index contributed by atoms with van der Waals surface area (Å²) in [5.74, 6) is -0.615. The number of benzene rings is 3. The number of hydrogen-bond donors (Lipinski definition) is 0. The number of halogens is 1. The topological polar surface area (TPSA) is 107 Å². The van der Waals surface area contributed by atoms with Crippen molar-refractivity contribution >= 4 is 46.1 Å². The Kier molecular flexibility index (Phi) is 7.23. The maximum Gasteiger partial charge on any atom is 0.302 e. The van der Waals surface area contributed by atoms with Crippen molar-refractivity contribution in [3.63, 3.8) is 0 Å². The molecule has 0 N–H and O–H groups in total. The fourth-order valence-electron chi connectivity index (χ4n) is 4.27. The molecule has 0 saturated heterocycles. The van der Waals surface area contributed by atoms with Crippen LogP contribution in [0, 0.1) is 0 Å². The number of aromatic nitrogens is 3. The van der Waals surface area contributed by atoms with Gasteiger partial charge in [-0.1, -0.05) is 47.1 Å². The fourth-order valence-corrected chi connectivity index (χ4v) is 4.52. The number of nitrogens with zero attached hydrogens (tertiary/aromatic N) is 5. The second kappa shape index (κ2) is 10.9. The summed E-state index contributed by atoms with van der Waals surface area (Å²) in [6.45, 7) is 1.89. The van der Waals surface area contributed by atoms with Crippen molar-refractivity contribution in [3.05, 3.63) is 82.9 Å². The van der Waals surface area contributed by atoms with Crippen molar-refractivity contribution in [1.82, 2.24) is 19.9 Å². The highest BCUT2D eigenvalue weighted by Crippen LogP contribution is 2.30. The van der Waals surface area contributed by atoms with Gasteiger partial charge in [0.1, 0.15) is 37.7 Å². The van der Waals surface area contributed by atoms with Crippen LogP contribution >= 0.6 is 11.6 Å². The number of para-hydroxylation sites is 2. The van der Waals surface area contributed by atoms with E-state index in [4.69, 9.17) is 21.1 Å². The Morgan fingerprint density at radius 2 is 1.79 bits per heavy atom. The molecular formula is C27H24ClN5O5. The number of anilines is 1. The van der Waals surface area contributed by atoms with Crippen molar-refractivity contribution in [2.24, 2.45) is 0 Å². The van der Waals surface area contributed by atoms with Gasteiger partial charge >= 0.3 is 5.97 Å². The van der Waals surface area contributed by atoms with Gasteiger partial charge in [0.2, 0.25) is 5.91 Å². The third kappa shape index (κ3) is 5.30. The standard InChI is InChI=1S/C27H24ClN5O5/c1-18(34)37-12-13-38-20-10-11-21(22(28)14-20)27(36)32-16-26(35)31(15-19-6-2-4-8-24(19)32)17-33-25-9-5-3-7-23(25)29-30-33/h2-11,14H,12-13,15-17H2,1H3. The minimum absolute atomic E-state index is 0.0984. The molecule has 1 aliphatic rings. The SMILES string of the molecule is CC(=O)OCCOc1ccc(C(=O)N2CC(=O)N(Cn3nnc4ccccc43)Cc3ccccc32)c(Cl)c1. The molecule has 4 aromatic rings. The van der Waals surface area contributed by atoms with Gasteiger partial charge in [0.25, 0.3) is 5.91 Å². The molecular weight excluding hydrogens is 510 g/mol. The van der Waals surface area contributed by atoms with Crippen molar-refractivity contribution in [3.8, 4) is 5.75 Å². The fraction of sp³-hybridized carbons (Fsp3) is 0.222. The van der Waals surface area contributed by atoms with Crippen LogP contribution < -0.4 is 9.64 Å². The first-order valence-corrected chi connectivity index (χ1v) is 12.3. The molecule has 0 unspecified atom stereocenters. The molecule has 10 nitrogen and oxygen atoms in total. The maximum absolute atomic E-state index is 13.7. The van der Waals surface area contributed by atoms with Crippen molar-refractivity contribution in [2.75, 3.05) is 24.7 Å². The summed E-state index contributed by atoms with van der Waals surface area (Å²) in [4.78, 5) is 41.1. The minimum atomic E-state index is -0.407. The van der Waals surface area contributed by atoms with E-state index in [9.17, 15) is 14.4 Å². The number of ether oxygens (including phenoxy) is 2. The molecule has 1 aromatic heterocycles. The Labute approximate surface area is 223 Å². The molecule has 0 fully saturated rings. The van der Waals surface area contributed by atoms with E-state index in [-0.39, 0.29) is 42.9 Å². The summed E-state index contributed by atoms with van der Waals surface area (Å²) in [5.41, 5.74) is 3.23. The van der Waals surface area contributed by atoms with E-state index in [0.29, 0.717) is 18.0 Å². The zero-order valence-electron chi connectivity index (χ0n) is 20.5. The van der Waals surface area contributed by atoms with Crippen LogP contribution in [0.15, 0.2) is 66.7 Å². The molecule has 0 atom stereocenters. The number of amides is 2. The minimum Gasteiger partial charge on any atom is -0.490 e. The highest BCUT2D eigenvalue weighted by Gasteiger charge is 2.31. The van der Waals surface area contributed by atoms with Gasteiger partial charge in [-0.15, -0.1) is 5.10 Å². The lowest BCUT2D eigenvalue weighted by molar-refractivity contribution is -0.141. The van der Waals surface area contributed by atoms with Gasteiger partial charge in [0.15, 0.2) is 0 Å². The van der Waals surface area contributed by atoms with E-state index >= 15 is 0 Å². The van der Waals surface area contributed by atoms with Crippen LogP contribution in [0.2, 0.25) is 5.02 Å². The van der Waals surface area contributed by atoms with Crippen molar-refractivity contribution < 1.29 is 23.9 Å². The Bertz CT molecular complexity index is 1520. The van der Waals surface area contributed by atoms with Crippen LogP contribution in [-0.2, 0) is 27.5 Å². The van der Waals surface area contributed by atoms with Gasteiger partial charge in [-0.05, 0) is 42.0 Å². The molecule has 5 rings (SSSR count). The van der Waals surface area contributed by atoms with Crippen LogP contribution in [0.3, 0.4) is 0 Å². The molecule has 1 aliphatic heterocycles. The Balaban J connectivity index is 1.37. The first kappa shape index (κ1) is 25.2. The molecule has 0 radical (unpaired) electrons. The summed E-state index contributed by atoms with van der Waals surface area (Å²) in [5, 5.41) is 8.56. The molecule has 0 bridgehead atoms. The van der Waals surface area contributed by atoms with Gasteiger partial charge in [0.05, 0.1) is 16.1 Å². The van der Waals surface area contributed by atoms with Crippen molar-refractivity contribution in [1.29, 1.82) is 0 Å². The third-order valence-corrected chi connectivity index (χ3v) is 6.40. The average Bonchev–Trinajstić information content (AvgIpc) is 3.25. The molecule has 0 aliphatic carbocycles. The highest BCUT2D eigenvalue weighted by molar-refractivity contribution is 6.34. The van der Waals surface area contributed by atoms with Crippen LogP contribution in [-0.4, -0.2) is 57.4 Å². The smallest absolute Gasteiger partial charge is 0.302 e. The molecule has 194 valence electrons. The maximum atomic E-state index is 13.7. The number of esters is 1. The monoisotopic (exact) mass is 533 g/mol. The lowest BCUT2D eigenvalue weighted by Crippen LogP contribution is -2.41. The summed E-state index contributed by atoms with van der Waals surface area (Å²) in [7, 11) is 0. The molecule has 2 heterocycles. The largest absolute Gasteiger partial charge is 0.490 e. The third-order valence-electron chi connectivity index (χ3n) is 6.09. The second-order valence-corrected chi connectivity index (χ2v) is 9.07. The molecule has 3 aromatic carbocycles. The number of carbonyl (C=O) groups is 3. The quantitative estimate of drug-likeness (QED) is 0.263. The number of hydrogen-bond acceptors (Lipinski definition) is 7. The number of fused-ring (bicyclic) bond motifs is 2. The average molecular weight is 534 g/mol. The van der Waals surface area contributed by atoms with Gasteiger partial charge in [-0.2, -0.15) is 0 Å². The highest BCUT2D eigenvalue weighted by atomic mass is 35.5. The lowest BCUT2D eigenvalue weighted by atomic mass is 10.1. The van der Waals surface area contributed by atoms with E-state index in [1.165, 1.54) is 17.9 Å². The van der Waals surface area contributed by atoms with Crippen LogP contribution in [0.1, 0.15) is 22.8 Å². The van der Waals surface area contributed by atoms with Gasteiger partial charge < -0.3 is 14.4 Å². The summed E-state index contributed by atoms with van der Waals surface area (Å²) >= 11 is 6.46. The molecule has 38 heavy (non-hydrogen) atoms. The molecule has 2 amide bonds. The predicted octanol–water partition coefficient (Wildman–Crippen LogP) is 3.67. The summed E-state index contributed by atoms with van der Waals surface area (Å²) in [6, 6.07) is 19.6. The Hall–Kier alpha value is -4.44. The van der Waals surface area contributed by atoms with E-state index in [2.05, 4.69) is 10.3 Å². The Morgan fingerprint density at radius 1 is 1.00 bits per heavy atom. The van der Waals surface area contributed by atoms with Crippen LogP contribution in [0.4, 0.5) is 5.69 Å². The van der Waals surface area contributed by atoms with E-state index < -0.39 is 11.9 Å². The van der Waals surface area contributed by atoms with Gasteiger partial charge in [0, 0.05) is 19.2 Å². The van der Waals surface area contributed by atoms with E-state index in [1.54, 1.807) is 21.7 Å². The summed E-state index contributed by atoms with van der Waals surface area (Å²) < 4.78 is 12.1. The first-order valence-electron chi connectivity index (χ1n) is 11.9. The van der Waals surface area contributed by atoms with E-state index in [1.807, 2.05) is 48.5 Å². The zero-order valence-corrected chi connectivity index (χ0v) is 21.3. The normalized spacial score (nSPS) is 13.3.